The van der Waals surface area contributed by atoms with Gasteiger partial charge in [0.15, 0.2) is 0 Å². The van der Waals surface area contributed by atoms with Crippen molar-refractivity contribution in [3.05, 3.63) is 40.8 Å². The fourth-order valence-corrected chi connectivity index (χ4v) is 6.18. The number of piperidine rings is 1. The summed E-state index contributed by atoms with van der Waals surface area (Å²) >= 11 is 0. The maximum Gasteiger partial charge on any atom is 0.253 e. The van der Waals surface area contributed by atoms with Crippen LogP contribution in [0, 0.1) is 5.92 Å². The molecule has 8 nitrogen and oxygen atoms in total. The molecule has 9 heteroatoms. The Morgan fingerprint density at radius 3 is 2.50 bits per heavy atom. The van der Waals surface area contributed by atoms with E-state index in [-0.39, 0.29) is 24.9 Å². The molecule has 4 rings (SSSR count). The van der Waals surface area contributed by atoms with E-state index in [0.29, 0.717) is 25.3 Å². The average Bonchev–Trinajstić information content (AvgIpc) is 3.15. The SMILES string of the molecule is CC(=O)NCCc1ccc(C=CS(=O)(=O)N2CCC3(CC2)N=C(C2CCCCC2)NC3=O)cc1. The lowest BCUT2D eigenvalue weighted by Crippen LogP contribution is -2.50. The van der Waals surface area contributed by atoms with Gasteiger partial charge in [-0.2, -0.15) is 4.31 Å². The van der Waals surface area contributed by atoms with Crippen molar-refractivity contribution in [1.29, 1.82) is 0 Å². The van der Waals surface area contributed by atoms with Crippen molar-refractivity contribution in [2.24, 2.45) is 10.9 Å². The first-order chi connectivity index (χ1) is 16.3. The van der Waals surface area contributed by atoms with Crippen molar-refractivity contribution in [1.82, 2.24) is 14.9 Å². The summed E-state index contributed by atoms with van der Waals surface area (Å²) in [6.07, 6.45) is 8.85. The first kappa shape index (κ1) is 24.6. The second kappa shape index (κ2) is 10.4. The zero-order chi connectivity index (χ0) is 24.2. The van der Waals surface area contributed by atoms with E-state index in [1.807, 2.05) is 24.3 Å². The fourth-order valence-electron chi connectivity index (χ4n) is 4.99. The lowest BCUT2D eigenvalue weighted by Gasteiger charge is -2.34. The first-order valence-electron chi connectivity index (χ1n) is 12.2. The molecular formula is C25H34N4O4S. The molecule has 184 valence electrons. The summed E-state index contributed by atoms with van der Waals surface area (Å²) in [6, 6.07) is 7.59. The van der Waals surface area contributed by atoms with Crippen molar-refractivity contribution in [2.75, 3.05) is 19.6 Å². The topological polar surface area (TPSA) is 108 Å². The third kappa shape index (κ3) is 5.75. The lowest BCUT2D eigenvalue weighted by molar-refractivity contribution is -0.125. The molecule has 1 aliphatic carbocycles. The minimum atomic E-state index is -3.59. The van der Waals surface area contributed by atoms with Crippen LogP contribution in [-0.2, 0) is 26.0 Å². The number of carbonyl (C=O) groups is 2. The number of aliphatic imine (C=N–C) groups is 1. The minimum Gasteiger partial charge on any atom is -0.356 e. The summed E-state index contributed by atoms with van der Waals surface area (Å²) in [7, 11) is -3.59. The number of amidine groups is 1. The van der Waals surface area contributed by atoms with Gasteiger partial charge >= 0.3 is 0 Å². The zero-order valence-corrected chi connectivity index (χ0v) is 20.6. The summed E-state index contributed by atoms with van der Waals surface area (Å²) in [4.78, 5) is 28.6. The second-order valence-electron chi connectivity index (χ2n) is 9.54. The molecule has 0 aromatic heterocycles. The molecule has 1 aromatic carbocycles. The summed E-state index contributed by atoms with van der Waals surface area (Å²) in [5.74, 6) is 1.03. The van der Waals surface area contributed by atoms with Crippen LogP contribution in [0.1, 0.15) is 63.0 Å². The fraction of sp³-hybridized carbons (Fsp3) is 0.560. The highest BCUT2D eigenvalue weighted by atomic mass is 32.2. The van der Waals surface area contributed by atoms with Crippen LogP contribution in [-0.4, -0.2) is 55.5 Å². The quantitative estimate of drug-likeness (QED) is 0.618. The van der Waals surface area contributed by atoms with Crippen LogP contribution in [0.5, 0.6) is 0 Å². The summed E-state index contributed by atoms with van der Waals surface area (Å²) < 4.78 is 27.2. The first-order valence-corrected chi connectivity index (χ1v) is 13.7. The predicted octanol–water partition coefficient (Wildman–Crippen LogP) is 2.61. The van der Waals surface area contributed by atoms with Crippen LogP contribution >= 0.6 is 0 Å². The van der Waals surface area contributed by atoms with Gasteiger partial charge in [0.05, 0.1) is 0 Å². The number of nitrogens with zero attached hydrogens (tertiary/aromatic N) is 2. The van der Waals surface area contributed by atoms with Gasteiger partial charge in [0.25, 0.3) is 5.91 Å². The summed E-state index contributed by atoms with van der Waals surface area (Å²) in [5.41, 5.74) is 1.05. The number of carbonyl (C=O) groups excluding carboxylic acids is 2. The number of benzene rings is 1. The number of hydrogen-bond donors (Lipinski definition) is 2. The standard InChI is InChI=1S/C25H34N4O4S/c1-19(30)26-15-11-20-7-9-21(10-8-20)12-18-34(32,33)29-16-13-25(14-17-29)24(31)27-23(28-25)22-5-3-2-4-6-22/h7-10,12,18,22H,2-6,11,13-17H2,1H3,(H,26,30)(H,27,28,31). The second-order valence-corrected chi connectivity index (χ2v) is 11.4. The monoisotopic (exact) mass is 486 g/mol. The van der Waals surface area contributed by atoms with E-state index in [1.165, 1.54) is 35.9 Å². The molecule has 34 heavy (non-hydrogen) atoms. The van der Waals surface area contributed by atoms with Gasteiger partial charge in [-0.25, -0.2) is 8.42 Å². The van der Waals surface area contributed by atoms with Gasteiger partial charge in [-0.15, -0.1) is 0 Å². The maximum absolute atomic E-state index is 12.9. The molecule has 2 amide bonds. The van der Waals surface area contributed by atoms with Gasteiger partial charge in [-0.1, -0.05) is 43.5 Å². The summed E-state index contributed by atoms with van der Waals surface area (Å²) in [5, 5.41) is 7.01. The molecule has 1 saturated carbocycles. The third-order valence-corrected chi connectivity index (χ3v) is 8.66. The van der Waals surface area contributed by atoms with Crippen LogP contribution in [0.15, 0.2) is 34.7 Å². The molecule has 3 aliphatic rings. The zero-order valence-electron chi connectivity index (χ0n) is 19.8. The Balaban J connectivity index is 1.34. The Labute approximate surface area is 201 Å². The Morgan fingerprint density at radius 2 is 1.85 bits per heavy atom. The van der Waals surface area contributed by atoms with Gasteiger partial charge in [-0.05, 0) is 49.3 Å². The highest BCUT2D eigenvalue weighted by Crippen LogP contribution is 2.34. The molecule has 2 fully saturated rings. The smallest absolute Gasteiger partial charge is 0.253 e. The van der Waals surface area contributed by atoms with Crippen molar-refractivity contribution in [3.63, 3.8) is 0 Å². The van der Waals surface area contributed by atoms with Crippen molar-refractivity contribution < 1.29 is 18.0 Å². The van der Waals surface area contributed by atoms with Gasteiger partial charge in [0, 0.05) is 37.9 Å². The molecule has 1 spiro atoms. The molecule has 0 bridgehead atoms. The van der Waals surface area contributed by atoms with E-state index >= 15 is 0 Å². The summed E-state index contributed by atoms with van der Waals surface area (Å²) in [6.45, 7) is 2.62. The van der Waals surface area contributed by atoms with Gasteiger partial charge in [-0.3, -0.25) is 14.6 Å². The van der Waals surface area contributed by atoms with Crippen molar-refractivity contribution in [3.8, 4) is 0 Å². The molecule has 2 N–H and O–H groups in total. The van der Waals surface area contributed by atoms with Crippen LogP contribution in [0.25, 0.3) is 6.08 Å². The Bertz CT molecular complexity index is 1060. The van der Waals surface area contributed by atoms with Crippen LogP contribution < -0.4 is 10.6 Å². The van der Waals surface area contributed by atoms with Gasteiger partial charge < -0.3 is 10.6 Å². The molecule has 0 radical (unpaired) electrons. The van der Waals surface area contributed by atoms with Crippen LogP contribution in [0.3, 0.4) is 0 Å². The van der Waals surface area contributed by atoms with E-state index in [2.05, 4.69) is 10.6 Å². The van der Waals surface area contributed by atoms with E-state index in [1.54, 1.807) is 6.08 Å². The van der Waals surface area contributed by atoms with Crippen molar-refractivity contribution in [2.45, 2.75) is 63.8 Å². The van der Waals surface area contributed by atoms with Crippen LogP contribution in [0.2, 0.25) is 0 Å². The van der Waals surface area contributed by atoms with Gasteiger partial charge in [0.1, 0.15) is 11.4 Å². The number of hydrogen-bond acceptors (Lipinski definition) is 5. The van der Waals surface area contributed by atoms with Crippen molar-refractivity contribution >= 4 is 33.7 Å². The third-order valence-electron chi connectivity index (χ3n) is 7.10. The highest BCUT2D eigenvalue weighted by Gasteiger charge is 2.48. The van der Waals surface area contributed by atoms with Crippen LogP contribution in [0.4, 0.5) is 0 Å². The lowest BCUT2D eigenvalue weighted by atomic mass is 9.88. The Kier molecular flexibility index (Phi) is 7.52. The molecule has 2 aliphatic heterocycles. The Hall–Kier alpha value is -2.52. The minimum absolute atomic E-state index is 0.0570. The normalized spacial score (nSPS) is 21.6. The number of nitrogens with one attached hydrogen (secondary N) is 2. The predicted molar refractivity (Wildman–Crippen MR) is 132 cm³/mol. The number of rotatable bonds is 7. The van der Waals surface area contributed by atoms with E-state index < -0.39 is 15.6 Å². The maximum atomic E-state index is 12.9. The highest BCUT2D eigenvalue weighted by molar-refractivity contribution is 7.92. The average molecular weight is 487 g/mol. The van der Waals surface area contributed by atoms with Gasteiger partial charge in [0.2, 0.25) is 15.9 Å². The molecule has 1 aromatic rings. The van der Waals surface area contributed by atoms with E-state index in [4.69, 9.17) is 4.99 Å². The number of sulfonamides is 1. The molecule has 2 heterocycles. The molecular weight excluding hydrogens is 452 g/mol. The molecule has 0 unspecified atom stereocenters. The number of amides is 2. The van der Waals surface area contributed by atoms with E-state index in [9.17, 15) is 18.0 Å². The molecule has 0 atom stereocenters. The largest absolute Gasteiger partial charge is 0.356 e. The van der Waals surface area contributed by atoms with E-state index in [0.717, 1.165) is 36.2 Å². The Morgan fingerprint density at radius 1 is 1.18 bits per heavy atom. The molecule has 1 saturated heterocycles.